The van der Waals surface area contributed by atoms with Gasteiger partial charge in [0.05, 0.1) is 6.10 Å². The lowest BCUT2D eigenvalue weighted by atomic mass is 9.62. The average Bonchev–Trinajstić information content (AvgIpc) is 2.77. The van der Waals surface area contributed by atoms with Crippen molar-refractivity contribution in [2.45, 2.75) is 25.4 Å². The van der Waals surface area contributed by atoms with Crippen molar-refractivity contribution < 1.29 is 5.11 Å². The van der Waals surface area contributed by atoms with Gasteiger partial charge in [0.2, 0.25) is 0 Å². The zero-order valence-electron chi connectivity index (χ0n) is 7.76. The third-order valence-corrected chi connectivity index (χ3v) is 6.56. The molecular formula is C12H16O. The Balaban J connectivity index is 1.80. The largest absolute Gasteiger partial charge is 0.393 e. The van der Waals surface area contributed by atoms with Gasteiger partial charge in [0.1, 0.15) is 0 Å². The van der Waals surface area contributed by atoms with Gasteiger partial charge in [-0.3, -0.25) is 0 Å². The van der Waals surface area contributed by atoms with Crippen LogP contribution in [-0.2, 0) is 0 Å². The first-order valence-electron chi connectivity index (χ1n) is 6.06. The average molecular weight is 176 g/mol. The maximum absolute atomic E-state index is 10.2. The van der Waals surface area contributed by atoms with Crippen LogP contribution in [0.1, 0.15) is 19.3 Å². The first kappa shape index (κ1) is 6.44. The zero-order chi connectivity index (χ0) is 8.32. The van der Waals surface area contributed by atoms with Crippen molar-refractivity contribution in [3.63, 3.8) is 0 Å². The van der Waals surface area contributed by atoms with E-state index in [1.54, 1.807) is 0 Å². The third-order valence-electron chi connectivity index (χ3n) is 6.56. The topological polar surface area (TPSA) is 20.2 Å². The molecule has 70 valence electrons. The molecule has 0 spiro atoms. The Morgan fingerprint density at radius 1 is 0.692 bits per heavy atom. The van der Waals surface area contributed by atoms with E-state index in [2.05, 4.69) is 0 Å². The Kier molecular flexibility index (Phi) is 0.793. The molecular weight excluding hydrogens is 160 g/mol. The third kappa shape index (κ3) is 0.423. The SMILES string of the molecule is O[C@@H]1[C@H]2C[C@@H]3[C@H]4[C@@H]5CC[C@@H]([C@@H]24)[C@@H]5[C@H]13. The molecule has 1 nitrogen and oxygen atoms in total. The van der Waals surface area contributed by atoms with E-state index in [1.807, 2.05) is 0 Å². The van der Waals surface area contributed by atoms with Crippen molar-refractivity contribution >= 4 is 0 Å². The van der Waals surface area contributed by atoms with Gasteiger partial charge in [0.15, 0.2) is 0 Å². The van der Waals surface area contributed by atoms with E-state index in [4.69, 9.17) is 0 Å². The minimum absolute atomic E-state index is 0.135. The lowest BCUT2D eigenvalue weighted by Crippen LogP contribution is -2.45. The molecule has 0 unspecified atom stereocenters. The summed E-state index contributed by atoms with van der Waals surface area (Å²) in [6, 6.07) is 0. The van der Waals surface area contributed by atoms with Gasteiger partial charge in [-0.25, -0.2) is 0 Å². The van der Waals surface area contributed by atoms with Crippen molar-refractivity contribution in [2.24, 2.45) is 47.3 Å². The van der Waals surface area contributed by atoms with Crippen LogP contribution < -0.4 is 0 Å². The van der Waals surface area contributed by atoms with Gasteiger partial charge in [-0.15, -0.1) is 0 Å². The molecule has 0 aromatic carbocycles. The predicted octanol–water partition coefficient (Wildman–Crippen LogP) is 1.52. The summed E-state index contributed by atoms with van der Waals surface area (Å²) in [4.78, 5) is 0. The summed E-state index contributed by atoms with van der Waals surface area (Å²) in [6.07, 6.45) is 4.58. The molecule has 1 heteroatoms. The molecule has 5 aliphatic rings. The van der Waals surface area contributed by atoms with Gasteiger partial charge >= 0.3 is 0 Å². The molecule has 0 aliphatic heterocycles. The highest BCUT2D eigenvalue weighted by Gasteiger charge is 2.77. The number of rotatable bonds is 0. The van der Waals surface area contributed by atoms with Crippen LogP contribution in [-0.4, -0.2) is 11.2 Å². The molecule has 0 aromatic heterocycles. The van der Waals surface area contributed by atoms with Crippen LogP contribution in [0.3, 0.4) is 0 Å². The maximum Gasteiger partial charge on any atom is 0.0605 e. The standard InChI is InChI=1S/C12H16O/c13-12-7-3-6-9-4-1-2-5(10(7)9)8(4)11(6)12/h4-13H,1-3H2/t4-,5-,6-,7+,8-,9-,10+,11-,12-/m1/s1. The molecule has 0 aromatic rings. The summed E-state index contributed by atoms with van der Waals surface area (Å²) in [5.74, 6) is 7.75. The Hall–Kier alpha value is -0.0400. The summed E-state index contributed by atoms with van der Waals surface area (Å²) in [5.41, 5.74) is 0. The first-order chi connectivity index (χ1) is 6.38. The zero-order valence-corrected chi connectivity index (χ0v) is 7.76. The van der Waals surface area contributed by atoms with Crippen LogP contribution in [0.2, 0.25) is 0 Å². The Labute approximate surface area is 78.5 Å². The molecule has 9 atom stereocenters. The van der Waals surface area contributed by atoms with E-state index in [0.717, 1.165) is 47.3 Å². The molecule has 5 aliphatic carbocycles. The number of hydrogen-bond acceptors (Lipinski definition) is 1. The highest BCUT2D eigenvalue weighted by atomic mass is 16.3. The van der Waals surface area contributed by atoms with Crippen molar-refractivity contribution in [1.29, 1.82) is 0 Å². The van der Waals surface area contributed by atoms with E-state index in [0.29, 0.717) is 0 Å². The number of aliphatic hydroxyl groups is 1. The van der Waals surface area contributed by atoms with Crippen LogP contribution in [0.15, 0.2) is 0 Å². The first-order valence-corrected chi connectivity index (χ1v) is 6.06. The molecule has 13 heavy (non-hydrogen) atoms. The summed E-state index contributed by atoms with van der Waals surface area (Å²) in [5, 5.41) is 10.2. The fourth-order valence-corrected chi connectivity index (χ4v) is 6.79. The van der Waals surface area contributed by atoms with Gasteiger partial charge in [0, 0.05) is 0 Å². The van der Waals surface area contributed by atoms with Gasteiger partial charge in [-0.2, -0.15) is 0 Å². The Bertz CT molecular complexity index is 278. The summed E-state index contributed by atoms with van der Waals surface area (Å²) in [7, 11) is 0. The fraction of sp³-hybridized carbons (Fsp3) is 1.00. The van der Waals surface area contributed by atoms with Crippen molar-refractivity contribution in [1.82, 2.24) is 0 Å². The molecule has 0 heterocycles. The van der Waals surface area contributed by atoms with Crippen LogP contribution in [0.4, 0.5) is 0 Å². The van der Waals surface area contributed by atoms with E-state index in [9.17, 15) is 5.11 Å². The lowest BCUT2D eigenvalue weighted by Gasteiger charge is -2.44. The molecule has 1 N–H and O–H groups in total. The predicted molar refractivity (Wildman–Crippen MR) is 47.8 cm³/mol. The minimum atomic E-state index is 0.135. The summed E-state index contributed by atoms with van der Waals surface area (Å²) < 4.78 is 0. The highest BCUT2D eigenvalue weighted by molar-refractivity contribution is 5.25. The van der Waals surface area contributed by atoms with Gasteiger partial charge < -0.3 is 5.11 Å². The molecule has 5 saturated carbocycles. The second kappa shape index (κ2) is 1.60. The second-order valence-corrected chi connectivity index (χ2v) is 6.27. The van der Waals surface area contributed by atoms with Crippen LogP contribution in [0, 0.1) is 47.3 Å². The van der Waals surface area contributed by atoms with Crippen LogP contribution in [0.25, 0.3) is 0 Å². The number of aliphatic hydroxyl groups excluding tert-OH is 1. The van der Waals surface area contributed by atoms with E-state index >= 15 is 0 Å². The van der Waals surface area contributed by atoms with Gasteiger partial charge in [-0.1, -0.05) is 0 Å². The smallest absolute Gasteiger partial charge is 0.0605 e. The fourth-order valence-electron chi connectivity index (χ4n) is 6.79. The van der Waals surface area contributed by atoms with E-state index < -0.39 is 0 Å². The van der Waals surface area contributed by atoms with Crippen molar-refractivity contribution in [3.8, 4) is 0 Å². The normalized spacial score (nSPS) is 80.5. The van der Waals surface area contributed by atoms with Crippen molar-refractivity contribution in [3.05, 3.63) is 0 Å². The van der Waals surface area contributed by atoms with E-state index in [-0.39, 0.29) is 6.10 Å². The molecule has 0 radical (unpaired) electrons. The molecule has 0 amide bonds. The van der Waals surface area contributed by atoms with E-state index in [1.165, 1.54) is 19.3 Å². The van der Waals surface area contributed by atoms with Gasteiger partial charge in [0.25, 0.3) is 0 Å². The van der Waals surface area contributed by atoms with Gasteiger partial charge in [-0.05, 0) is 66.6 Å². The number of hydrogen-bond donors (Lipinski definition) is 1. The Morgan fingerprint density at radius 2 is 1.31 bits per heavy atom. The molecule has 0 saturated heterocycles. The molecule has 5 fully saturated rings. The molecule has 5 rings (SSSR count). The number of fused-ring (bicyclic) bond motifs is 3. The maximum atomic E-state index is 10.2. The minimum Gasteiger partial charge on any atom is -0.393 e. The molecule has 6 bridgehead atoms. The summed E-state index contributed by atoms with van der Waals surface area (Å²) in [6.45, 7) is 0. The highest BCUT2D eigenvalue weighted by Crippen LogP contribution is 2.80. The second-order valence-electron chi connectivity index (χ2n) is 6.27. The van der Waals surface area contributed by atoms with Crippen LogP contribution in [0.5, 0.6) is 0 Å². The monoisotopic (exact) mass is 176 g/mol. The Morgan fingerprint density at radius 3 is 2.08 bits per heavy atom. The van der Waals surface area contributed by atoms with Crippen molar-refractivity contribution in [2.75, 3.05) is 0 Å². The van der Waals surface area contributed by atoms with Crippen LogP contribution >= 0.6 is 0 Å². The lowest BCUT2D eigenvalue weighted by molar-refractivity contribution is -0.0519. The summed E-state index contributed by atoms with van der Waals surface area (Å²) >= 11 is 0. The quantitative estimate of drug-likeness (QED) is 0.593.